The molecular weight excluding hydrogens is 386 g/mol. The molecule has 0 fully saturated rings. The maximum atomic E-state index is 13.6. The number of amides is 1. The first-order valence-electron chi connectivity index (χ1n) is 7.03. The van der Waals surface area contributed by atoms with E-state index in [1.165, 1.54) is 0 Å². The lowest BCUT2D eigenvalue weighted by atomic mass is 10.2. The van der Waals surface area contributed by atoms with E-state index in [4.69, 9.17) is 0 Å². The third-order valence-corrected chi connectivity index (χ3v) is 5.64. The lowest BCUT2D eigenvalue weighted by Crippen LogP contribution is -2.13. The summed E-state index contributed by atoms with van der Waals surface area (Å²) in [5.74, 6) is -2.40. The average molecular weight is 396 g/mol. The second-order valence-electron chi connectivity index (χ2n) is 4.92. The number of hydrogen-bond acceptors (Lipinski definition) is 6. The van der Waals surface area contributed by atoms with Gasteiger partial charge in [-0.1, -0.05) is 29.5 Å². The zero-order valence-corrected chi connectivity index (χ0v) is 14.4. The highest BCUT2D eigenvalue weighted by molar-refractivity contribution is 7.94. The molecule has 1 aromatic heterocycles. The minimum atomic E-state index is -4.25. The Morgan fingerprint density at radius 2 is 1.77 bits per heavy atom. The summed E-state index contributed by atoms with van der Waals surface area (Å²) in [7, 11) is -4.25. The third kappa shape index (κ3) is 4.00. The molecule has 2 N–H and O–H groups in total. The maximum Gasteiger partial charge on any atom is 0.291 e. The Morgan fingerprint density at radius 3 is 2.46 bits per heavy atom. The van der Waals surface area contributed by atoms with Crippen LogP contribution >= 0.6 is 11.3 Å². The van der Waals surface area contributed by atoms with E-state index in [1.807, 2.05) is 4.72 Å². The first kappa shape index (κ1) is 17.9. The highest BCUT2D eigenvalue weighted by Gasteiger charge is 2.22. The van der Waals surface area contributed by atoms with Crippen molar-refractivity contribution in [3.63, 3.8) is 0 Å². The molecular formula is C15H10F2N4O3S2. The average Bonchev–Trinajstić information content (AvgIpc) is 3.08. The van der Waals surface area contributed by atoms with E-state index in [1.54, 1.807) is 30.3 Å². The van der Waals surface area contributed by atoms with Crippen molar-refractivity contribution in [2.45, 2.75) is 4.34 Å². The van der Waals surface area contributed by atoms with Gasteiger partial charge in [0, 0.05) is 11.6 Å². The van der Waals surface area contributed by atoms with E-state index < -0.39 is 37.6 Å². The Bertz CT molecular complexity index is 1060. The molecule has 0 unspecified atom stereocenters. The second-order valence-corrected chi connectivity index (χ2v) is 7.76. The molecule has 2 aromatic carbocycles. The number of aromatic nitrogens is 2. The fourth-order valence-electron chi connectivity index (χ4n) is 1.89. The Labute approximate surface area is 150 Å². The number of halogens is 2. The lowest BCUT2D eigenvalue weighted by Gasteiger charge is -2.05. The van der Waals surface area contributed by atoms with Crippen molar-refractivity contribution >= 4 is 38.1 Å². The van der Waals surface area contributed by atoms with Gasteiger partial charge in [0.2, 0.25) is 5.13 Å². The Balaban J connectivity index is 1.77. The molecule has 0 radical (unpaired) electrons. The SMILES string of the molecule is O=C(Nc1nnc(S(=O)(=O)Nc2ccc(F)cc2F)s1)c1ccccc1. The summed E-state index contributed by atoms with van der Waals surface area (Å²) in [4.78, 5) is 12.0. The minimum Gasteiger partial charge on any atom is -0.296 e. The Kier molecular flexibility index (Phi) is 4.91. The number of anilines is 2. The lowest BCUT2D eigenvalue weighted by molar-refractivity contribution is 0.102. The molecule has 7 nitrogen and oxygen atoms in total. The van der Waals surface area contributed by atoms with E-state index in [2.05, 4.69) is 15.5 Å². The van der Waals surface area contributed by atoms with E-state index in [0.717, 1.165) is 12.1 Å². The molecule has 0 aliphatic carbocycles. The molecule has 1 heterocycles. The summed E-state index contributed by atoms with van der Waals surface area (Å²) >= 11 is 0.590. The van der Waals surface area contributed by atoms with Crippen LogP contribution in [0.2, 0.25) is 0 Å². The van der Waals surface area contributed by atoms with Crippen LogP contribution < -0.4 is 10.0 Å². The number of carbonyl (C=O) groups excluding carboxylic acids is 1. The fourth-order valence-corrected chi connectivity index (χ4v) is 3.85. The Hall–Kier alpha value is -2.92. The van der Waals surface area contributed by atoms with Crippen molar-refractivity contribution in [3.8, 4) is 0 Å². The van der Waals surface area contributed by atoms with Crippen LogP contribution in [-0.2, 0) is 10.0 Å². The van der Waals surface area contributed by atoms with Gasteiger partial charge >= 0.3 is 0 Å². The van der Waals surface area contributed by atoms with Crippen molar-refractivity contribution in [2.75, 3.05) is 10.0 Å². The molecule has 134 valence electrons. The normalized spacial score (nSPS) is 11.2. The zero-order chi connectivity index (χ0) is 18.7. The molecule has 0 atom stereocenters. The molecule has 0 aliphatic heterocycles. The van der Waals surface area contributed by atoms with Gasteiger partial charge in [0.15, 0.2) is 0 Å². The molecule has 0 bridgehead atoms. The van der Waals surface area contributed by atoms with Crippen molar-refractivity contribution in [1.82, 2.24) is 10.2 Å². The molecule has 1 amide bonds. The summed E-state index contributed by atoms with van der Waals surface area (Å²) < 4.78 is 52.4. The highest BCUT2D eigenvalue weighted by atomic mass is 32.2. The molecule has 0 saturated heterocycles. The summed E-state index contributed by atoms with van der Waals surface area (Å²) in [5, 5.41) is 9.46. The van der Waals surface area contributed by atoms with Crippen LogP contribution in [-0.4, -0.2) is 24.5 Å². The maximum absolute atomic E-state index is 13.6. The van der Waals surface area contributed by atoms with Crippen LogP contribution in [0.15, 0.2) is 52.9 Å². The molecule has 0 spiro atoms. The number of carbonyl (C=O) groups is 1. The molecule has 0 saturated carbocycles. The van der Waals surface area contributed by atoms with Crippen LogP contribution in [0.1, 0.15) is 10.4 Å². The van der Waals surface area contributed by atoms with Crippen molar-refractivity contribution in [3.05, 3.63) is 65.7 Å². The van der Waals surface area contributed by atoms with E-state index >= 15 is 0 Å². The van der Waals surface area contributed by atoms with Crippen LogP contribution in [0.3, 0.4) is 0 Å². The van der Waals surface area contributed by atoms with Crippen LogP contribution in [0.5, 0.6) is 0 Å². The number of rotatable bonds is 5. The first-order valence-corrected chi connectivity index (χ1v) is 9.33. The molecule has 0 aliphatic rings. The summed E-state index contributed by atoms with van der Waals surface area (Å²) in [6, 6.07) is 10.6. The van der Waals surface area contributed by atoms with Gasteiger partial charge in [-0.05, 0) is 24.3 Å². The predicted molar refractivity (Wildman–Crippen MR) is 91.5 cm³/mol. The van der Waals surface area contributed by atoms with E-state index in [9.17, 15) is 22.0 Å². The topological polar surface area (TPSA) is 101 Å². The largest absolute Gasteiger partial charge is 0.296 e. The van der Waals surface area contributed by atoms with Gasteiger partial charge in [-0.25, -0.2) is 8.78 Å². The van der Waals surface area contributed by atoms with Gasteiger partial charge in [0.05, 0.1) is 5.69 Å². The van der Waals surface area contributed by atoms with E-state index in [0.29, 0.717) is 23.0 Å². The van der Waals surface area contributed by atoms with Crippen molar-refractivity contribution in [2.24, 2.45) is 0 Å². The number of sulfonamides is 1. The fraction of sp³-hybridized carbons (Fsp3) is 0. The standard InChI is InChI=1S/C15H10F2N4O3S2/c16-10-6-7-12(11(17)8-10)21-26(23,24)15-20-19-14(25-15)18-13(22)9-4-2-1-3-5-9/h1-8,21H,(H,18,19,22). The molecule has 26 heavy (non-hydrogen) atoms. The smallest absolute Gasteiger partial charge is 0.291 e. The first-order chi connectivity index (χ1) is 12.3. The molecule has 3 aromatic rings. The minimum absolute atomic E-state index is 0.0428. The zero-order valence-electron chi connectivity index (χ0n) is 12.8. The van der Waals surface area contributed by atoms with Gasteiger partial charge < -0.3 is 0 Å². The summed E-state index contributed by atoms with van der Waals surface area (Å²) in [6.07, 6.45) is 0. The number of nitrogens with zero attached hydrogens (tertiary/aromatic N) is 2. The van der Waals surface area contributed by atoms with Gasteiger partial charge in [-0.15, -0.1) is 10.2 Å². The second kappa shape index (κ2) is 7.14. The van der Waals surface area contributed by atoms with Crippen molar-refractivity contribution in [1.29, 1.82) is 0 Å². The number of benzene rings is 2. The summed E-state index contributed by atoms with van der Waals surface area (Å²) in [6.45, 7) is 0. The van der Waals surface area contributed by atoms with Gasteiger partial charge in [0.1, 0.15) is 11.6 Å². The van der Waals surface area contributed by atoms with E-state index in [-0.39, 0.29) is 5.13 Å². The highest BCUT2D eigenvalue weighted by Crippen LogP contribution is 2.24. The quantitative estimate of drug-likeness (QED) is 0.646. The third-order valence-electron chi connectivity index (χ3n) is 3.07. The van der Waals surface area contributed by atoms with Crippen molar-refractivity contribution < 1.29 is 22.0 Å². The Morgan fingerprint density at radius 1 is 1.04 bits per heavy atom. The molecule has 11 heteroatoms. The summed E-state index contributed by atoms with van der Waals surface area (Å²) in [5.41, 5.74) is -0.0740. The van der Waals surface area contributed by atoms with Gasteiger partial charge in [0.25, 0.3) is 20.3 Å². The van der Waals surface area contributed by atoms with Crippen LogP contribution in [0.25, 0.3) is 0 Å². The monoisotopic (exact) mass is 396 g/mol. The number of nitrogens with one attached hydrogen (secondary N) is 2. The molecule has 3 rings (SSSR count). The van der Waals surface area contributed by atoms with Gasteiger partial charge in [-0.2, -0.15) is 8.42 Å². The number of hydrogen-bond donors (Lipinski definition) is 2. The van der Waals surface area contributed by atoms with Gasteiger partial charge in [-0.3, -0.25) is 14.8 Å². The van der Waals surface area contributed by atoms with Crippen LogP contribution in [0, 0.1) is 11.6 Å². The van der Waals surface area contributed by atoms with Crippen LogP contribution in [0.4, 0.5) is 19.6 Å². The predicted octanol–water partition coefficient (Wildman–Crippen LogP) is 2.87.